The predicted molar refractivity (Wildman–Crippen MR) is 81.3 cm³/mol. The second-order valence-electron chi connectivity index (χ2n) is 5.59. The van der Waals surface area contributed by atoms with Crippen molar-refractivity contribution in [1.29, 1.82) is 0 Å². The van der Waals surface area contributed by atoms with Crippen LogP contribution in [-0.2, 0) is 5.67 Å². The zero-order chi connectivity index (χ0) is 20.9. The van der Waals surface area contributed by atoms with Gasteiger partial charge in [0.15, 0.2) is 0 Å². The van der Waals surface area contributed by atoms with Gasteiger partial charge in [-0.3, -0.25) is 0 Å². The Morgan fingerprint density at radius 2 is 0.852 bits per heavy atom. The Bertz CT molecular complexity index is 797. The third-order valence-corrected chi connectivity index (χ3v) is 3.86. The first kappa shape index (κ1) is 20.1. The summed E-state index contributed by atoms with van der Waals surface area (Å²) in [5, 5.41) is 38.1. The highest BCUT2D eigenvalue weighted by Crippen LogP contribution is 2.56. The summed E-state index contributed by atoms with van der Waals surface area (Å²) >= 11 is 0. The van der Waals surface area contributed by atoms with Crippen LogP contribution in [0, 0.1) is 0 Å². The minimum Gasteiger partial charge on any atom is -0.506 e. The van der Waals surface area contributed by atoms with Gasteiger partial charge in [-0.15, -0.1) is 0 Å². The van der Waals surface area contributed by atoms with E-state index in [4.69, 9.17) is 11.5 Å². The predicted octanol–water partition coefficient (Wildman–Crippen LogP) is 3.08. The molecule has 8 N–H and O–H groups in total. The number of phenols is 4. The summed E-state index contributed by atoms with van der Waals surface area (Å²) in [7, 11) is 0. The number of hydrogen-bond donors (Lipinski definition) is 6. The molecule has 2 aromatic carbocycles. The molecule has 0 saturated heterocycles. The molecule has 0 amide bonds. The number of rotatable bonds is 3. The van der Waals surface area contributed by atoms with Crippen molar-refractivity contribution in [2.45, 2.75) is 17.8 Å². The van der Waals surface area contributed by atoms with Gasteiger partial charge in [-0.05, 0) is 24.3 Å². The molecule has 0 aliphatic rings. The molecule has 12 heteroatoms. The van der Waals surface area contributed by atoms with Gasteiger partial charge < -0.3 is 31.9 Å². The van der Waals surface area contributed by atoms with Gasteiger partial charge in [0, 0.05) is 11.1 Å². The van der Waals surface area contributed by atoms with Crippen molar-refractivity contribution in [3.63, 3.8) is 0 Å². The summed E-state index contributed by atoms with van der Waals surface area (Å²) in [4.78, 5) is 0. The summed E-state index contributed by atoms with van der Waals surface area (Å²) in [5.74, 6) is -10.8. The fourth-order valence-corrected chi connectivity index (χ4v) is 2.37. The van der Waals surface area contributed by atoms with Crippen LogP contribution in [0.4, 0.5) is 37.7 Å². The van der Waals surface area contributed by atoms with Crippen LogP contribution in [0.5, 0.6) is 23.0 Å². The largest absolute Gasteiger partial charge is 0.506 e. The lowest BCUT2D eigenvalue weighted by Crippen LogP contribution is -2.53. The summed E-state index contributed by atoms with van der Waals surface area (Å²) in [5.41, 5.74) is 0.867. The van der Waals surface area contributed by atoms with E-state index in [1.165, 1.54) is 0 Å². The van der Waals surface area contributed by atoms with Gasteiger partial charge in [-0.1, -0.05) is 0 Å². The molecule has 0 bridgehead atoms. The van der Waals surface area contributed by atoms with E-state index in [-0.39, 0.29) is 24.3 Å². The van der Waals surface area contributed by atoms with E-state index in [0.717, 1.165) is 0 Å². The smallest absolute Gasteiger partial charge is 0.457 e. The Kier molecular flexibility index (Phi) is 4.42. The number of hydrogen-bond acceptors (Lipinski definition) is 6. The highest BCUT2D eigenvalue weighted by molar-refractivity contribution is 5.67. The highest BCUT2D eigenvalue weighted by Gasteiger charge is 2.73. The number of alkyl halides is 6. The van der Waals surface area contributed by atoms with Crippen LogP contribution in [0.25, 0.3) is 0 Å². The Hall–Kier alpha value is -3.18. The molecule has 0 radical (unpaired) electrons. The van der Waals surface area contributed by atoms with Gasteiger partial charge in [0.05, 0.1) is 0 Å². The van der Waals surface area contributed by atoms with Crippen LogP contribution < -0.4 is 11.5 Å². The molecule has 0 aliphatic carbocycles. The maximum absolute atomic E-state index is 15.5. The third kappa shape index (κ3) is 2.86. The SMILES string of the molecule is Nc1c(O)cc(C(F)(c2cc(O)c(N)c(O)c2)C(F)(F)C(F)(F)F)cc1O. The van der Waals surface area contributed by atoms with Crippen LogP contribution in [-0.4, -0.2) is 32.5 Å². The molecular weight excluding hydrogens is 386 g/mol. The lowest BCUT2D eigenvalue weighted by Gasteiger charge is -2.35. The molecule has 0 fully saturated rings. The average Bonchev–Trinajstić information content (AvgIpc) is 2.54. The number of benzene rings is 2. The summed E-state index contributed by atoms with van der Waals surface area (Å²) < 4.78 is 82.8. The molecule has 27 heavy (non-hydrogen) atoms. The zero-order valence-corrected chi connectivity index (χ0v) is 13.0. The standard InChI is InChI=1S/C15H12F6N2O4/c16-13(14(17,18)15(19,20)21,5-1-7(24)11(22)8(25)2-5)6-3-9(26)12(23)10(27)4-6/h1-4,24-27H,22-23H2. The van der Waals surface area contributed by atoms with E-state index in [0.29, 0.717) is 0 Å². The first-order chi connectivity index (χ1) is 12.1. The molecule has 6 nitrogen and oxygen atoms in total. The van der Waals surface area contributed by atoms with Crippen LogP contribution >= 0.6 is 0 Å². The van der Waals surface area contributed by atoms with Crippen molar-refractivity contribution >= 4 is 11.4 Å². The van der Waals surface area contributed by atoms with E-state index in [2.05, 4.69) is 0 Å². The molecule has 0 saturated carbocycles. The molecule has 0 spiro atoms. The quantitative estimate of drug-likeness (QED) is 0.267. The Morgan fingerprint density at radius 1 is 0.593 bits per heavy atom. The van der Waals surface area contributed by atoms with Gasteiger partial charge in [0.2, 0.25) is 5.67 Å². The van der Waals surface area contributed by atoms with Crippen LogP contribution in [0.2, 0.25) is 0 Å². The molecular formula is C15H12F6N2O4. The van der Waals surface area contributed by atoms with Gasteiger partial charge in [0.1, 0.15) is 34.4 Å². The van der Waals surface area contributed by atoms with Gasteiger partial charge >= 0.3 is 12.1 Å². The lowest BCUT2D eigenvalue weighted by molar-refractivity contribution is -0.323. The first-order valence-corrected chi connectivity index (χ1v) is 6.92. The average molecular weight is 398 g/mol. The Balaban J connectivity index is 2.94. The fourth-order valence-electron chi connectivity index (χ4n) is 2.37. The van der Waals surface area contributed by atoms with E-state index < -0.39 is 63.3 Å². The maximum atomic E-state index is 15.5. The second kappa shape index (κ2) is 5.93. The number of aromatic hydroxyl groups is 4. The summed E-state index contributed by atoms with van der Waals surface area (Å²) in [6.45, 7) is 0. The molecule has 0 aromatic heterocycles. The number of nitrogens with two attached hydrogens (primary N) is 2. The highest BCUT2D eigenvalue weighted by atomic mass is 19.4. The molecule has 0 aliphatic heterocycles. The monoisotopic (exact) mass is 398 g/mol. The van der Waals surface area contributed by atoms with Crippen LogP contribution in [0.3, 0.4) is 0 Å². The molecule has 2 aromatic rings. The molecule has 0 heterocycles. The second-order valence-corrected chi connectivity index (χ2v) is 5.59. The van der Waals surface area contributed by atoms with Crippen molar-refractivity contribution in [2.24, 2.45) is 0 Å². The van der Waals surface area contributed by atoms with Crippen molar-refractivity contribution in [3.05, 3.63) is 35.4 Å². The maximum Gasteiger partial charge on any atom is 0.457 e. The Labute approximate surface area is 146 Å². The topological polar surface area (TPSA) is 133 Å². The number of halogens is 6. The molecule has 148 valence electrons. The van der Waals surface area contributed by atoms with E-state index in [1.807, 2.05) is 0 Å². The lowest BCUT2D eigenvalue weighted by atomic mass is 9.81. The van der Waals surface area contributed by atoms with Crippen molar-refractivity contribution in [1.82, 2.24) is 0 Å². The van der Waals surface area contributed by atoms with Crippen LogP contribution in [0.1, 0.15) is 11.1 Å². The van der Waals surface area contributed by atoms with Gasteiger partial charge in [-0.2, -0.15) is 22.0 Å². The summed E-state index contributed by atoms with van der Waals surface area (Å²) in [6.07, 6.45) is -6.44. The van der Waals surface area contributed by atoms with Crippen molar-refractivity contribution in [2.75, 3.05) is 11.5 Å². The Morgan fingerprint density at radius 3 is 1.07 bits per heavy atom. The normalized spacial score (nSPS) is 13.0. The third-order valence-electron chi connectivity index (χ3n) is 3.86. The zero-order valence-electron chi connectivity index (χ0n) is 13.0. The minimum absolute atomic E-state index is 0.152. The molecule has 0 atom stereocenters. The minimum atomic E-state index is -6.44. The number of anilines is 2. The summed E-state index contributed by atoms with van der Waals surface area (Å²) in [6, 6.07) is 0.608. The number of nitrogen functional groups attached to an aromatic ring is 2. The van der Waals surface area contributed by atoms with E-state index >= 15 is 4.39 Å². The molecule has 0 unspecified atom stereocenters. The van der Waals surface area contributed by atoms with Gasteiger partial charge in [-0.25, -0.2) is 4.39 Å². The first-order valence-electron chi connectivity index (χ1n) is 6.92. The van der Waals surface area contributed by atoms with Crippen LogP contribution in [0.15, 0.2) is 24.3 Å². The van der Waals surface area contributed by atoms with Crippen molar-refractivity contribution in [3.8, 4) is 23.0 Å². The van der Waals surface area contributed by atoms with Gasteiger partial charge in [0.25, 0.3) is 0 Å². The number of phenolic OH excluding ortho intramolecular Hbond substituents is 4. The van der Waals surface area contributed by atoms with E-state index in [1.54, 1.807) is 0 Å². The molecule has 2 rings (SSSR count). The van der Waals surface area contributed by atoms with Crippen molar-refractivity contribution < 1.29 is 46.8 Å². The van der Waals surface area contributed by atoms with E-state index in [9.17, 15) is 42.4 Å². The fraction of sp³-hybridized carbons (Fsp3) is 0.200.